The SMILES string of the molecule is O=C(O)c1ccc(COc2c(Br)cc(/C=N\NC(=O)c3ccc(-c4csc(Nc5ccc(Cl)cc5)n4)cc3)cc2Br)cc1. The van der Waals surface area contributed by atoms with Crippen molar-refractivity contribution in [3.63, 3.8) is 0 Å². The lowest BCUT2D eigenvalue weighted by molar-refractivity contribution is 0.0696. The van der Waals surface area contributed by atoms with Crippen molar-refractivity contribution in [1.29, 1.82) is 0 Å². The third-order valence-electron chi connectivity index (χ3n) is 6.03. The number of carboxylic acid groups (broad SMARTS) is 1. The number of rotatable bonds is 10. The Balaban J connectivity index is 1.15. The number of aromatic nitrogens is 1. The van der Waals surface area contributed by atoms with Crippen LogP contribution in [0.1, 0.15) is 31.8 Å². The van der Waals surface area contributed by atoms with E-state index in [4.69, 9.17) is 21.4 Å². The molecular formula is C31H21Br2ClN4O4S. The first-order valence-corrected chi connectivity index (χ1v) is 15.5. The summed E-state index contributed by atoms with van der Waals surface area (Å²) in [6.07, 6.45) is 1.53. The minimum absolute atomic E-state index is 0.215. The van der Waals surface area contributed by atoms with Gasteiger partial charge in [0.2, 0.25) is 0 Å². The molecule has 1 amide bonds. The van der Waals surface area contributed by atoms with Crippen LogP contribution in [0.25, 0.3) is 11.3 Å². The highest BCUT2D eigenvalue weighted by molar-refractivity contribution is 9.11. The largest absolute Gasteiger partial charge is 0.487 e. The molecule has 12 heteroatoms. The van der Waals surface area contributed by atoms with Gasteiger partial charge in [0.15, 0.2) is 5.13 Å². The summed E-state index contributed by atoms with van der Waals surface area (Å²) in [7, 11) is 0. The number of aromatic carboxylic acids is 1. The number of carbonyl (C=O) groups excluding carboxylic acids is 1. The molecule has 216 valence electrons. The van der Waals surface area contributed by atoms with E-state index in [-0.39, 0.29) is 18.1 Å². The van der Waals surface area contributed by atoms with Gasteiger partial charge in [-0.1, -0.05) is 35.9 Å². The summed E-state index contributed by atoms with van der Waals surface area (Å²) in [6, 6.07) is 24.6. The Morgan fingerprint density at radius 2 is 1.60 bits per heavy atom. The van der Waals surface area contributed by atoms with Crippen LogP contribution in [0.5, 0.6) is 5.75 Å². The number of nitrogens with one attached hydrogen (secondary N) is 2. The Kier molecular flexibility index (Phi) is 9.88. The Hall–Kier alpha value is -4.03. The van der Waals surface area contributed by atoms with Crippen molar-refractivity contribution < 1.29 is 19.4 Å². The van der Waals surface area contributed by atoms with Gasteiger partial charge in [0.05, 0.1) is 26.4 Å². The first-order chi connectivity index (χ1) is 20.7. The number of anilines is 2. The van der Waals surface area contributed by atoms with Gasteiger partial charge in [-0.2, -0.15) is 5.10 Å². The summed E-state index contributed by atoms with van der Waals surface area (Å²) >= 11 is 14.5. The van der Waals surface area contributed by atoms with Gasteiger partial charge in [0.25, 0.3) is 5.91 Å². The van der Waals surface area contributed by atoms with E-state index in [0.717, 1.165) is 33.2 Å². The third-order valence-corrected chi connectivity index (χ3v) is 8.21. The number of halogens is 3. The number of thiazole rings is 1. The number of hydrazone groups is 1. The number of carboxylic acids is 1. The van der Waals surface area contributed by atoms with Crippen LogP contribution in [0.15, 0.2) is 104 Å². The molecule has 0 saturated heterocycles. The number of amides is 1. The number of hydrogen-bond acceptors (Lipinski definition) is 7. The van der Waals surface area contributed by atoms with Gasteiger partial charge in [0.1, 0.15) is 12.4 Å². The zero-order chi connectivity index (χ0) is 30.3. The smallest absolute Gasteiger partial charge is 0.335 e. The lowest BCUT2D eigenvalue weighted by atomic mass is 10.1. The molecule has 1 heterocycles. The average Bonchev–Trinajstić information content (AvgIpc) is 3.46. The molecule has 0 saturated carbocycles. The van der Waals surface area contributed by atoms with Crippen LogP contribution in [0.4, 0.5) is 10.8 Å². The molecule has 0 radical (unpaired) electrons. The first-order valence-electron chi connectivity index (χ1n) is 12.6. The fraction of sp³-hybridized carbons (Fsp3) is 0.0323. The molecule has 0 spiro atoms. The van der Waals surface area contributed by atoms with Crippen LogP contribution in [0, 0.1) is 0 Å². The molecule has 5 rings (SSSR count). The quantitative estimate of drug-likeness (QED) is 0.0975. The summed E-state index contributed by atoms with van der Waals surface area (Å²) in [4.78, 5) is 28.3. The monoisotopic (exact) mass is 738 g/mol. The number of ether oxygens (including phenoxy) is 1. The highest BCUT2D eigenvalue weighted by atomic mass is 79.9. The van der Waals surface area contributed by atoms with E-state index in [2.05, 4.69) is 52.7 Å². The van der Waals surface area contributed by atoms with Crippen molar-refractivity contribution in [1.82, 2.24) is 10.4 Å². The fourth-order valence-corrected chi connectivity index (χ4v) is 6.15. The average molecular weight is 741 g/mol. The van der Waals surface area contributed by atoms with Crippen LogP contribution in [-0.4, -0.2) is 28.2 Å². The summed E-state index contributed by atoms with van der Waals surface area (Å²) in [5.41, 5.74) is 7.34. The van der Waals surface area contributed by atoms with Gasteiger partial charge in [0, 0.05) is 27.2 Å². The second kappa shape index (κ2) is 14.0. The predicted molar refractivity (Wildman–Crippen MR) is 177 cm³/mol. The van der Waals surface area contributed by atoms with Crippen LogP contribution in [0.3, 0.4) is 0 Å². The topological polar surface area (TPSA) is 113 Å². The van der Waals surface area contributed by atoms with E-state index in [1.54, 1.807) is 24.3 Å². The minimum Gasteiger partial charge on any atom is -0.487 e. The van der Waals surface area contributed by atoms with E-state index >= 15 is 0 Å². The van der Waals surface area contributed by atoms with Crippen molar-refractivity contribution in [3.8, 4) is 17.0 Å². The molecule has 0 aliphatic carbocycles. The van der Waals surface area contributed by atoms with Crippen LogP contribution in [-0.2, 0) is 6.61 Å². The molecule has 0 aliphatic rings. The van der Waals surface area contributed by atoms with Gasteiger partial charge < -0.3 is 15.2 Å². The predicted octanol–water partition coefficient (Wildman–Crippen LogP) is 8.77. The van der Waals surface area contributed by atoms with E-state index < -0.39 is 5.97 Å². The van der Waals surface area contributed by atoms with E-state index in [0.29, 0.717) is 25.3 Å². The third kappa shape index (κ3) is 8.08. The zero-order valence-corrected chi connectivity index (χ0v) is 26.8. The van der Waals surface area contributed by atoms with E-state index in [9.17, 15) is 9.59 Å². The number of carbonyl (C=O) groups is 2. The fourth-order valence-electron chi connectivity index (χ4n) is 3.83. The van der Waals surface area contributed by atoms with Gasteiger partial charge in [-0.15, -0.1) is 11.3 Å². The molecule has 3 N–H and O–H groups in total. The first kappa shape index (κ1) is 30.4. The Morgan fingerprint density at radius 1 is 0.953 bits per heavy atom. The molecular weight excluding hydrogens is 720 g/mol. The highest BCUT2D eigenvalue weighted by Crippen LogP contribution is 2.35. The molecule has 0 atom stereocenters. The summed E-state index contributed by atoms with van der Waals surface area (Å²) in [5, 5.41) is 19.8. The molecule has 1 aromatic heterocycles. The maximum atomic E-state index is 12.7. The Bertz CT molecular complexity index is 1770. The van der Waals surface area contributed by atoms with Gasteiger partial charge >= 0.3 is 5.97 Å². The molecule has 0 unspecified atom stereocenters. The maximum absolute atomic E-state index is 12.7. The number of benzene rings is 4. The molecule has 8 nitrogen and oxygen atoms in total. The second-order valence-electron chi connectivity index (χ2n) is 9.05. The van der Waals surface area contributed by atoms with Crippen molar-refractivity contribution >= 4 is 83.7 Å². The number of hydrogen-bond donors (Lipinski definition) is 3. The highest BCUT2D eigenvalue weighted by Gasteiger charge is 2.11. The van der Waals surface area contributed by atoms with Crippen LogP contribution in [0.2, 0.25) is 5.02 Å². The standard InChI is InChI=1S/C31H21Br2ClN4O4S/c32-25-13-19(14-26(33)28(25)42-16-18-1-3-22(4-2-18)30(40)41)15-35-38-29(39)21-7-5-20(6-8-21)27-17-43-31(37-27)36-24-11-9-23(34)10-12-24/h1-15,17H,16H2,(H,36,37)(H,38,39)(H,40,41)/b35-15-. The van der Waals surface area contributed by atoms with Crippen LogP contribution < -0.4 is 15.5 Å². The summed E-state index contributed by atoms with van der Waals surface area (Å²) in [6.45, 7) is 0.253. The van der Waals surface area contributed by atoms with Gasteiger partial charge in [-0.3, -0.25) is 4.79 Å². The van der Waals surface area contributed by atoms with Crippen molar-refractivity contribution in [2.45, 2.75) is 6.61 Å². The molecule has 0 aliphatic heterocycles. The number of nitrogens with zero attached hydrogens (tertiary/aromatic N) is 2. The lowest BCUT2D eigenvalue weighted by Crippen LogP contribution is -2.17. The molecule has 5 aromatic rings. The van der Waals surface area contributed by atoms with Crippen molar-refractivity contribution in [2.24, 2.45) is 5.10 Å². The minimum atomic E-state index is -0.977. The summed E-state index contributed by atoms with van der Waals surface area (Å²) in [5.74, 6) is -0.746. The molecule has 0 fully saturated rings. The molecule has 43 heavy (non-hydrogen) atoms. The zero-order valence-electron chi connectivity index (χ0n) is 22.1. The van der Waals surface area contributed by atoms with E-state index in [1.807, 2.05) is 53.9 Å². The Morgan fingerprint density at radius 3 is 2.26 bits per heavy atom. The summed E-state index contributed by atoms with van der Waals surface area (Å²) < 4.78 is 7.28. The maximum Gasteiger partial charge on any atom is 0.335 e. The normalized spacial score (nSPS) is 11.0. The van der Waals surface area contributed by atoms with Crippen molar-refractivity contribution in [3.05, 3.63) is 127 Å². The van der Waals surface area contributed by atoms with Gasteiger partial charge in [-0.05, 0) is 104 Å². The van der Waals surface area contributed by atoms with Gasteiger partial charge in [-0.25, -0.2) is 15.2 Å². The van der Waals surface area contributed by atoms with E-state index in [1.165, 1.54) is 29.7 Å². The molecule has 4 aromatic carbocycles. The second-order valence-corrected chi connectivity index (χ2v) is 12.1. The van der Waals surface area contributed by atoms with Crippen LogP contribution >= 0.6 is 54.8 Å². The lowest BCUT2D eigenvalue weighted by Gasteiger charge is -2.11. The van der Waals surface area contributed by atoms with Crippen molar-refractivity contribution in [2.75, 3.05) is 5.32 Å². The Labute approximate surface area is 272 Å². The molecule has 0 bridgehead atoms.